The lowest BCUT2D eigenvalue weighted by Crippen LogP contribution is -2.52. The maximum atomic E-state index is 11.1. The molecule has 4 N–H and O–H groups in total. The van der Waals surface area contributed by atoms with E-state index in [1.165, 1.54) is 0 Å². The Hall–Kier alpha value is -2.46. The van der Waals surface area contributed by atoms with Crippen molar-refractivity contribution < 1.29 is 22.0 Å². The van der Waals surface area contributed by atoms with E-state index in [-0.39, 0.29) is 23.8 Å². The molecule has 0 spiro atoms. The molecule has 0 saturated carbocycles. The molecule has 1 heterocycles. The molecule has 1 aromatic carbocycles. The molecule has 0 bridgehead atoms. The SMILES string of the molecule is CCCCCCc1nc(NC(C)Cc2ccccc2)nc(N)[n+]1OS(=O)(=O)O. The van der Waals surface area contributed by atoms with Crippen LogP contribution in [0.5, 0.6) is 0 Å². The maximum absolute atomic E-state index is 11.1. The number of aromatic nitrogens is 3. The van der Waals surface area contributed by atoms with Crippen LogP contribution in [0.3, 0.4) is 0 Å². The van der Waals surface area contributed by atoms with E-state index in [4.69, 9.17) is 10.3 Å². The second kappa shape index (κ2) is 10.2. The number of anilines is 2. The molecule has 0 aliphatic carbocycles. The Kier molecular flexibility index (Phi) is 7.94. The third kappa shape index (κ3) is 7.28. The lowest BCUT2D eigenvalue weighted by molar-refractivity contribution is -0.854. The predicted molar refractivity (Wildman–Crippen MR) is 106 cm³/mol. The standard InChI is InChI=1S/C18H27N5O4S/c1-3-4-5-9-12-16-21-18(22-17(19)23(16)27-28(24,25)26)20-14(2)13-15-10-7-6-8-11-15/h6-8,10-11,14H,3-5,9,12-13H2,1-2H3,(H3,19,20,22,24,25,26)/p+1. The fraction of sp³-hybridized carbons (Fsp3) is 0.500. The molecular weight excluding hydrogens is 382 g/mol. The van der Waals surface area contributed by atoms with Crippen LogP contribution in [0.2, 0.25) is 0 Å². The summed E-state index contributed by atoms with van der Waals surface area (Å²) in [5, 5.41) is 3.18. The van der Waals surface area contributed by atoms with Crippen LogP contribution in [0.1, 0.15) is 50.9 Å². The van der Waals surface area contributed by atoms with Gasteiger partial charge in [0.2, 0.25) is 0 Å². The molecule has 1 atom stereocenters. The largest absolute Gasteiger partial charge is 0.474 e. The van der Waals surface area contributed by atoms with Gasteiger partial charge in [0.05, 0.1) is 0 Å². The lowest BCUT2D eigenvalue weighted by Gasteiger charge is -2.13. The van der Waals surface area contributed by atoms with Gasteiger partial charge in [0, 0.05) is 12.5 Å². The zero-order chi connectivity index (χ0) is 20.6. The summed E-state index contributed by atoms with van der Waals surface area (Å²) in [6.07, 6.45) is 5.05. The highest BCUT2D eigenvalue weighted by Crippen LogP contribution is 2.10. The zero-order valence-corrected chi connectivity index (χ0v) is 17.0. The van der Waals surface area contributed by atoms with E-state index >= 15 is 0 Å². The summed E-state index contributed by atoms with van der Waals surface area (Å²) in [6, 6.07) is 10.00. The number of benzene rings is 1. The molecule has 1 unspecified atom stereocenters. The summed E-state index contributed by atoms with van der Waals surface area (Å²) in [6.45, 7) is 4.09. The van der Waals surface area contributed by atoms with Gasteiger partial charge in [-0.25, -0.2) is 4.28 Å². The van der Waals surface area contributed by atoms with Gasteiger partial charge in [0.1, 0.15) is 0 Å². The quantitative estimate of drug-likeness (QED) is 0.290. The number of hydrogen-bond acceptors (Lipinski definition) is 7. The average molecular weight is 411 g/mol. The number of rotatable bonds is 11. The van der Waals surface area contributed by atoms with Gasteiger partial charge < -0.3 is 11.1 Å². The fourth-order valence-electron chi connectivity index (χ4n) is 2.83. The lowest BCUT2D eigenvalue weighted by atomic mass is 10.1. The van der Waals surface area contributed by atoms with Gasteiger partial charge in [0.15, 0.2) is 0 Å². The van der Waals surface area contributed by atoms with Gasteiger partial charge in [-0.15, -0.1) is 0 Å². The molecule has 0 aliphatic rings. The Labute approximate surface area is 165 Å². The van der Waals surface area contributed by atoms with Crippen LogP contribution in [-0.2, 0) is 23.2 Å². The van der Waals surface area contributed by atoms with E-state index in [1.54, 1.807) is 0 Å². The molecule has 0 radical (unpaired) electrons. The predicted octanol–water partition coefficient (Wildman–Crippen LogP) is 1.74. The van der Waals surface area contributed by atoms with Crippen LogP contribution >= 0.6 is 0 Å². The van der Waals surface area contributed by atoms with Crippen LogP contribution in [-0.4, -0.2) is 29.0 Å². The molecule has 10 heteroatoms. The molecule has 2 aromatic rings. The monoisotopic (exact) mass is 410 g/mol. The second-order valence-corrected chi connectivity index (χ2v) is 7.67. The number of nitrogens with one attached hydrogen (secondary N) is 1. The zero-order valence-electron chi connectivity index (χ0n) is 16.2. The van der Waals surface area contributed by atoms with Gasteiger partial charge in [-0.1, -0.05) is 66.5 Å². The minimum absolute atomic E-state index is 0.0214. The topological polar surface area (TPSA) is 131 Å². The first-order chi connectivity index (χ1) is 13.3. The minimum atomic E-state index is -4.75. The highest BCUT2D eigenvalue weighted by Gasteiger charge is 2.24. The number of unbranched alkanes of at least 4 members (excludes halogenated alkanes) is 3. The van der Waals surface area contributed by atoms with Crippen molar-refractivity contribution in [2.45, 2.75) is 58.4 Å². The normalized spacial score (nSPS) is 12.5. The molecule has 0 amide bonds. The van der Waals surface area contributed by atoms with E-state index in [0.717, 1.165) is 42.4 Å². The number of hydrogen-bond donors (Lipinski definition) is 3. The van der Waals surface area contributed by atoms with Crippen LogP contribution in [0.25, 0.3) is 0 Å². The second-order valence-electron chi connectivity index (χ2n) is 6.66. The van der Waals surface area contributed by atoms with Crippen molar-refractivity contribution in [3.05, 3.63) is 41.7 Å². The van der Waals surface area contributed by atoms with Crippen molar-refractivity contribution in [1.82, 2.24) is 9.97 Å². The molecule has 2 rings (SSSR count). The first-order valence-electron chi connectivity index (χ1n) is 9.34. The Bertz CT molecular complexity index is 862. The average Bonchev–Trinajstić information content (AvgIpc) is 2.61. The number of nitrogen functional groups attached to an aromatic ring is 1. The van der Waals surface area contributed by atoms with Crippen LogP contribution < -0.4 is 20.1 Å². The van der Waals surface area contributed by atoms with Crippen molar-refractivity contribution in [3.8, 4) is 0 Å². The summed E-state index contributed by atoms with van der Waals surface area (Å²) in [5.41, 5.74) is 7.02. The molecule has 1 aromatic heterocycles. The van der Waals surface area contributed by atoms with Gasteiger partial charge >= 0.3 is 22.3 Å². The Morgan fingerprint density at radius 3 is 2.57 bits per heavy atom. The summed E-state index contributed by atoms with van der Waals surface area (Å²) < 4.78 is 36.6. The first-order valence-corrected chi connectivity index (χ1v) is 10.7. The van der Waals surface area contributed by atoms with Crippen LogP contribution in [0, 0.1) is 0 Å². The smallest absolute Gasteiger partial charge is 0.330 e. The van der Waals surface area contributed by atoms with Crippen molar-refractivity contribution in [1.29, 1.82) is 0 Å². The van der Waals surface area contributed by atoms with Gasteiger partial charge in [-0.05, 0) is 30.1 Å². The molecular formula is C18H28N5O4S+. The fourth-order valence-corrected chi connectivity index (χ4v) is 3.18. The molecule has 0 fully saturated rings. The van der Waals surface area contributed by atoms with Crippen LogP contribution in [0.15, 0.2) is 30.3 Å². The van der Waals surface area contributed by atoms with E-state index < -0.39 is 10.4 Å². The Morgan fingerprint density at radius 1 is 1.21 bits per heavy atom. The maximum Gasteiger partial charge on any atom is 0.474 e. The summed E-state index contributed by atoms with van der Waals surface area (Å²) in [5.74, 6) is 0.338. The Morgan fingerprint density at radius 2 is 1.93 bits per heavy atom. The number of nitrogens with two attached hydrogens (primary N) is 1. The van der Waals surface area contributed by atoms with Crippen molar-refractivity contribution >= 4 is 22.3 Å². The highest BCUT2D eigenvalue weighted by atomic mass is 32.3. The third-order valence-electron chi connectivity index (χ3n) is 4.08. The summed E-state index contributed by atoms with van der Waals surface area (Å²) in [4.78, 5) is 8.42. The number of nitrogens with zero attached hydrogens (tertiary/aromatic N) is 3. The van der Waals surface area contributed by atoms with E-state index in [2.05, 4.69) is 26.5 Å². The first kappa shape index (κ1) is 21.8. The highest BCUT2D eigenvalue weighted by molar-refractivity contribution is 7.80. The van der Waals surface area contributed by atoms with E-state index in [0.29, 0.717) is 6.42 Å². The van der Waals surface area contributed by atoms with Crippen molar-refractivity contribution in [2.24, 2.45) is 0 Å². The molecule has 154 valence electrons. The van der Waals surface area contributed by atoms with E-state index in [9.17, 15) is 8.42 Å². The summed E-state index contributed by atoms with van der Waals surface area (Å²) >= 11 is 0. The summed E-state index contributed by atoms with van der Waals surface area (Å²) in [7, 11) is -4.75. The molecule has 0 aliphatic heterocycles. The van der Waals surface area contributed by atoms with E-state index in [1.807, 2.05) is 37.3 Å². The third-order valence-corrected chi connectivity index (χ3v) is 4.42. The molecule has 28 heavy (non-hydrogen) atoms. The molecule has 9 nitrogen and oxygen atoms in total. The number of aryl methyl sites for hydroxylation is 1. The van der Waals surface area contributed by atoms with Gasteiger partial charge in [0.25, 0.3) is 5.82 Å². The van der Waals surface area contributed by atoms with Crippen molar-refractivity contribution in [3.63, 3.8) is 0 Å². The molecule has 0 saturated heterocycles. The van der Waals surface area contributed by atoms with Gasteiger partial charge in [-0.3, -0.25) is 4.55 Å². The van der Waals surface area contributed by atoms with Gasteiger partial charge in [-0.2, -0.15) is 8.42 Å². The Balaban J connectivity index is 2.18. The minimum Gasteiger partial charge on any atom is -0.330 e. The van der Waals surface area contributed by atoms with Crippen molar-refractivity contribution in [2.75, 3.05) is 11.1 Å². The van der Waals surface area contributed by atoms with Crippen LogP contribution in [0.4, 0.5) is 11.9 Å².